The van der Waals surface area contributed by atoms with E-state index in [0.29, 0.717) is 48.9 Å². The molecule has 8 nitrogen and oxygen atoms in total. The Kier molecular flexibility index (Phi) is 8.11. The van der Waals surface area contributed by atoms with Crippen molar-refractivity contribution in [3.05, 3.63) is 77.4 Å². The number of hydrogen-bond acceptors (Lipinski definition) is 8. The summed E-state index contributed by atoms with van der Waals surface area (Å²) in [6.45, 7) is 2.04. The van der Waals surface area contributed by atoms with Crippen LogP contribution in [-0.2, 0) is 10.5 Å². The number of carbonyl (C=O) groups excluding carboxylic acids is 2. The maximum absolute atomic E-state index is 13.2. The van der Waals surface area contributed by atoms with Gasteiger partial charge in [-0.15, -0.1) is 11.3 Å². The van der Waals surface area contributed by atoms with Gasteiger partial charge in [-0.05, 0) is 48.5 Å². The normalized spacial score (nSPS) is 13.4. The average molecular weight is 550 g/mol. The Balaban J connectivity index is 1.30. The minimum Gasteiger partial charge on any atom is -0.497 e. The van der Waals surface area contributed by atoms with Crippen molar-refractivity contribution < 1.29 is 23.8 Å². The number of morpholine rings is 1. The molecule has 1 aromatic heterocycles. The summed E-state index contributed by atoms with van der Waals surface area (Å²) < 4.78 is 18.0. The molecule has 0 saturated carbocycles. The SMILES string of the molecule is COc1ccc(OC)c(CSc2nc3ccc(NC(=O)c4ccccc4C(=O)N4CCOCC4)cc3s2)c1. The topological polar surface area (TPSA) is 90.0 Å². The molecule has 0 bridgehead atoms. The van der Waals surface area contributed by atoms with Crippen molar-refractivity contribution in [2.24, 2.45) is 0 Å². The van der Waals surface area contributed by atoms with E-state index in [1.54, 1.807) is 66.5 Å². The maximum Gasteiger partial charge on any atom is 0.256 e. The molecule has 1 saturated heterocycles. The Hall–Kier alpha value is -3.60. The van der Waals surface area contributed by atoms with Crippen LogP contribution in [-0.4, -0.2) is 62.2 Å². The van der Waals surface area contributed by atoms with Crippen LogP contribution in [0.1, 0.15) is 26.3 Å². The Morgan fingerprint density at radius 3 is 2.58 bits per heavy atom. The fourth-order valence-electron chi connectivity index (χ4n) is 4.18. The lowest BCUT2D eigenvalue weighted by Gasteiger charge is -2.27. The van der Waals surface area contributed by atoms with Gasteiger partial charge in [0.05, 0.1) is 48.8 Å². The van der Waals surface area contributed by atoms with Crippen molar-refractivity contribution in [3.8, 4) is 11.5 Å². The molecule has 10 heteroatoms. The molecule has 1 aliphatic rings. The Labute approximate surface area is 228 Å². The van der Waals surface area contributed by atoms with Crippen LogP contribution in [0.15, 0.2) is 65.0 Å². The quantitative estimate of drug-likeness (QED) is 0.297. The van der Waals surface area contributed by atoms with E-state index < -0.39 is 0 Å². The summed E-state index contributed by atoms with van der Waals surface area (Å²) in [5, 5.41) is 2.95. The van der Waals surface area contributed by atoms with Crippen LogP contribution < -0.4 is 14.8 Å². The summed E-state index contributed by atoms with van der Waals surface area (Å²) in [4.78, 5) is 32.7. The predicted octanol–water partition coefficient (Wildman–Crippen LogP) is 5.33. The van der Waals surface area contributed by atoms with Crippen molar-refractivity contribution >= 4 is 50.8 Å². The van der Waals surface area contributed by atoms with Crippen molar-refractivity contribution in [2.45, 2.75) is 10.1 Å². The summed E-state index contributed by atoms with van der Waals surface area (Å²) >= 11 is 3.18. The van der Waals surface area contributed by atoms with E-state index >= 15 is 0 Å². The van der Waals surface area contributed by atoms with Crippen molar-refractivity contribution in [1.29, 1.82) is 0 Å². The number of fused-ring (bicyclic) bond motifs is 1. The molecule has 2 amide bonds. The molecule has 0 spiro atoms. The van der Waals surface area contributed by atoms with Crippen LogP contribution in [0.25, 0.3) is 10.2 Å². The Bertz CT molecular complexity index is 1470. The third-order valence-electron chi connectivity index (χ3n) is 6.17. The van der Waals surface area contributed by atoms with Gasteiger partial charge >= 0.3 is 0 Å². The predicted molar refractivity (Wildman–Crippen MR) is 150 cm³/mol. The third kappa shape index (κ3) is 5.77. The standard InChI is InChI=1S/C28H27N3O5S2/c1-34-20-8-10-24(35-2)18(15-20)17-37-28-30-23-9-7-19(16-25(23)38-28)29-26(32)21-5-3-4-6-22(21)27(33)31-11-13-36-14-12-31/h3-10,15-16H,11-14,17H2,1-2H3,(H,29,32). The highest BCUT2D eigenvalue weighted by Crippen LogP contribution is 2.35. The van der Waals surface area contributed by atoms with Gasteiger partial charge in [0, 0.05) is 30.1 Å². The van der Waals surface area contributed by atoms with Gasteiger partial charge in [0.15, 0.2) is 4.34 Å². The number of benzene rings is 3. The highest BCUT2D eigenvalue weighted by Gasteiger charge is 2.23. The summed E-state index contributed by atoms with van der Waals surface area (Å²) in [7, 11) is 3.30. The lowest BCUT2D eigenvalue weighted by atomic mass is 10.0. The first-order valence-corrected chi connectivity index (χ1v) is 13.9. The van der Waals surface area contributed by atoms with Crippen molar-refractivity contribution in [2.75, 3.05) is 45.8 Å². The lowest BCUT2D eigenvalue weighted by molar-refractivity contribution is 0.0302. The van der Waals surface area contributed by atoms with E-state index in [4.69, 9.17) is 19.2 Å². The molecule has 1 fully saturated rings. The van der Waals surface area contributed by atoms with Gasteiger partial charge < -0.3 is 24.4 Å². The number of rotatable bonds is 8. The second-order valence-corrected chi connectivity index (χ2v) is 10.8. The number of hydrogen-bond donors (Lipinski definition) is 1. The summed E-state index contributed by atoms with van der Waals surface area (Å²) in [6, 6.07) is 18.3. The first-order valence-electron chi connectivity index (χ1n) is 12.1. The minimum atomic E-state index is -0.328. The molecule has 3 aromatic carbocycles. The van der Waals surface area contributed by atoms with E-state index in [1.807, 2.05) is 36.4 Å². The molecule has 0 aliphatic carbocycles. The highest BCUT2D eigenvalue weighted by molar-refractivity contribution is 8.00. The zero-order chi connectivity index (χ0) is 26.5. The minimum absolute atomic E-state index is 0.161. The molecule has 1 aliphatic heterocycles. The first kappa shape index (κ1) is 26.0. The van der Waals surface area contributed by atoms with Crippen LogP contribution in [0, 0.1) is 0 Å². The number of thiazole rings is 1. The first-order chi connectivity index (χ1) is 18.6. The van der Waals surface area contributed by atoms with Crippen molar-refractivity contribution in [3.63, 3.8) is 0 Å². The van der Waals surface area contributed by atoms with Crippen LogP contribution in [0.4, 0.5) is 5.69 Å². The third-order valence-corrected chi connectivity index (χ3v) is 8.38. The van der Waals surface area contributed by atoms with Gasteiger partial charge in [0.1, 0.15) is 11.5 Å². The smallest absolute Gasteiger partial charge is 0.256 e. The zero-order valence-corrected chi connectivity index (χ0v) is 22.7. The molecule has 1 N–H and O–H groups in total. The Morgan fingerprint density at radius 2 is 1.82 bits per heavy atom. The van der Waals surface area contributed by atoms with E-state index in [2.05, 4.69) is 5.32 Å². The molecule has 38 heavy (non-hydrogen) atoms. The number of methoxy groups -OCH3 is 2. The van der Waals surface area contributed by atoms with Crippen LogP contribution in [0.2, 0.25) is 0 Å². The number of anilines is 1. The zero-order valence-electron chi connectivity index (χ0n) is 21.1. The number of nitrogens with zero attached hydrogens (tertiary/aromatic N) is 2. The molecule has 0 radical (unpaired) electrons. The van der Waals surface area contributed by atoms with E-state index in [-0.39, 0.29) is 11.8 Å². The van der Waals surface area contributed by atoms with Gasteiger partial charge in [0.2, 0.25) is 0 Å². The fraction of sp³-hybridized carbons (Fsp3) is 0.250. The average Bonchev–Trinajstić information content (AvgIpc) is 3.38. The number of thioether (sulfide) groups is 1. The molecule has 0 atom stereocenters. The van der Waals surface area contributed by atoms with Crippen LogP contribution in [0.5, 0.6) is 11.5 Å². The maximum atomic E-state index is 13.2. The number of aromatic nitrogens is 1. The number of ether oxygens (including phenoxy) is 3. The van der Waals surface area contributed by atoms with E-state index in [0.717, 1.165) is 31.6 Å². The van der Waals surface area contributed by atoms with E-state index in [9.17, 15) is 9.59 Å². The summed E-state index contributed by atoms with van der Waals surface area (Å²) in [6.07, 6.45) is 0. The largest absolute Gasteiger partial charge is 0.497 e. The van der Waals surface area contributed by atoms with Gasteiger partial charge in [-0.25, -0.2) is 4.98 Å². The number of nitrogens with one attached hydrogen (secondary N) is 1. The fourth-order valence-corrected chi connectivity index (χ4v) is 6.27. The molecule has 196 valence electrons. The van der Waals surface area contributed by atoms with Crippen LogP contribution >= 0.6 is 23.1 Å². The summed E-state index contributed by atoms with van der Waals surface area (Å²) in [5.41, 5.74) is 3.26. The molecular formula is C28H27N3O5S2. The van der Waals surface area contributed by atoms with Gasteiger partial charge in [-0.3, -0.25) is 9.59 Å². The molecule has 4 aromatic rings. The van der Waals surface area contributed by atoms with Crippen molar-refractivity contribution in [1.82, 2.24) is 9.88 Å². The van der Waals surface area contributed by atoms with Gasteiger partial charge in [-0.2, -0.15) is 0 Å². The molecular weight excluding hydrogens is 522 g/mol. The van der Waals surface area contributed by atoms with Crippen LogP contribution in [0.3, 0.4) is 0 Å². The molecule has 5 rings (SSSR count). The molecule has 2 heterocycles. The summed E-state index contributed by atoms with van der Waals surface area (Å²) in [5.74, 6) is 1.77. The Morgan fingerprint density at radius 1 is 1.03 bits per heavy atom. The monoisotopic (exact) mass is 549 g/mol. The van der Waals surface area contributed by atoms with Gasteiger partial charge in [-0.1, -0.05) is 23.9 Å². The number of amides is 2. The second kappa shape index (κ2) is 11.8. The second-order valence-electron chi connectivity index (χ2n) is 8.53. The van der Waals surface area contributed by atoms with E-state index in [1.165, 1.54) is 0 Å². The lowest BCUT2D eigenvalue weighted by Crippen LogP contribution is -2.41. The molecule has 0 unspecified atom stereocenters. The van der Waals surface area contributed by atoms with Gasteiger partial charge in [0.25, 0.3) is 11.8 Å². The number of carbonyl (C=O) groups is 2. The highest BCUT2D eigenvalue weighted by atomic mass is 32.2.